The van der Waals surface area contributed by atoms with Gasteiger partial charge >= 0.3 is 0 Å². The van der Waals surface area contributed by atoms with Gasteiger partial charge in [-0.1, -0.05) is 42.5 Å². The zero-order valence-corrected chi connectivity index (χ0v) is 16.5. The number of furan rings is 1. The molecular formula is C25H24N2O2. The van der Waals surface area contributed by atoms with E-state index in [1.807, 2.05) is 25.4 Å². The summed E-state index contributed by atoms with van der Waals surface area (Å²) >= 11 is 0. The third-order valence-corrected chi connectivity index (χ3v) is 5.53. The van der Waals surface area contributed by atoms with E-state index in [1.54, 1.807) is 0 Å². The van der Waals surface area contributed by atoms with Gasteiger partial charge in [-0.2, -0.15) is 0 Å². The van der Waals surface area contributed by atoms with Crippen molar-refractivity contribution >= 4 is 10.8 Å². The molecule has 146 valence electrons. The van der Waals surface area contributed by atoms with Crippen molar-refractivity contribution in [2.45, 2.75) is 32.5 Å². The van der Waals surface area contributed by atoms with E-state index in [9.17, 15) is 0 Å². The van der Waals surface area contributed by atoms with Crippen LogP contribution in [0.1, 0.15) is 35.2 Å². The van der Waals surface area contributed by atoms with E-state index in [1.165, 1.54) is 16.5 Å². The summed E-state index contributed by atoms with van der Waals surface area (Å²) < 4.78 is 12.7. The second kappa shape index (κ2) is 7.72. The summed E-state index contributed by atoms with van der Waals surface area (Å²) in [5, 5.41) is 2.34. The van der Waals surface area contributed by atoms with Crippen molar-refractivity contribution < 1.29 is 9.15 Å². The molecule has 1 unspecified atom stereocenters. The molecule has 0 radical (unpaired) electrons. The number of aromatic nitrogens is 1. The third-order valence-electron chi connectivity index (χ3n) is 5.53. The number of pyridine rings is 1. The quantitative estimate of drug-likeness (QED) is 0.455. The molecule has 0 N–H and O–H groups in total. The van der Waals surface area contributed by atoms with Crippen LogP contribution in [-0.2, 0) is 13.1 Å². The first-order chi connectivity index (χ1) is 14.3. The molecule has 2 aromatic heterocycles. The van der Waals surface area contributed by atoms with Crippen LogP contribution in [0.3, 0.4) is 0 Å². The number of rotatable bonds is 4. The van der Waals surface area contributed by atoms with Crippen LogP contribution in [0, 0.1) is 6.92 Å². The number of hydrogen-bond acceptors (Lipinski definition) is 4. The molecule has 1 atom stereocenters. The average Bonchev–Trinajstić information content (AvgIpc) is 3.04. The molecule has 4 heteroatoms. The molecule has 2 aromatic carbocycles. The number of fused-ring (bicyclic) bond motifs is 2. The van der Waals surface area contributed by atoms with Crippen LogP contribution in [0.25, 0.3) is 10.8 Å². The van der Waals surface area contributed by atoms with E-state index < -0.39 is 0 Å². The Bertz CT molecular complexity index is 1110. The Morgan fingerprint density at radius 1 is 1.10 bits per heavy atom. The first-order valence-corrected chi connectivity index (χ1v) is 10.1. The number of ether oxygens (including phenoxy) is 1. The summed E-state index contributed by atoms with van der Waals surface area (Å²) in [6.45, 7) is 4.59. The summed E-state index contributed by atoms with van der Waals surface area (Å²) in [6, 6.07) is 20.9. The second-order valence-corrected chi connectivity index (χ2v) is 7.68. The molecule has 0 aliphatic carbocycles. The van der Waals surface area contributed by atoms with Crippen LogP contribution in [-0.4, -0.2) is 16.4 Å². The van der Waals surface area contributed by atoms with Crippen molar-refractivity contribution in [1.82, 2.24) is 9.88 Å². The molecular weight excluding hydrogens is 360 g/mol. The van der Waals surface area contributed by atoms with E-state index in [2.05, 4.69) is 64.5 Å². The Hall–Kier alpha value is -3.11. The van der Waals surface area contributed by atoms with Crippen molar-refractivity contribution in [3.8, 4) is 5.75 Å². The number of aryl methyl sites for hydroxylation is 1. The minimum absolute atomic E-state index is 0.0212. The Morgan fingerprint density at radius 3 is 2.90 bits per heavy atom. The van der Waals surface area contributed by atoms with Gasteiger partial charge in [0.15, 0.2) is 0 Å². The maximum Gasteiger partial charge on any atom is 0.128 e. The highest BCUT2D eigenvalue weighted by Crippen LogP contribution is 2.36. The minimum atomic E-state index is -0.0212. The molecule has 4 aromatic rings. The van der Waals surface area contributed by atoms with Gasteiger partial charge in [-0.3, -0.25) is 9.88 Å². The molecule has 0 spiro atoms. The molecule has 3 heterocycles. The lowest BCUT2D eigenvalue weighted by Crippen LogP contribution is -2.23. The highest BCUT2D eigenvalue weighted by Gasteiger charge is 2.27. The molecule has 0 saturated carbocycles. The first kappa shape index (κ1) is 18.0. The summed E-state index contributed by atoms with van der Waals surface area (Å²) in [7, 11) is 0. The van der Waals surface area contributed by atoms with Crippen LogP contribution in [0.2, 0.25) is 0 Å². The maximum absolute atomic E-state index is 6.59. The van der Waals surface area contributed by atoms with Crippen LogP contribution >= 0.6 is 0 Å². The van der Waals surface area contributed by atoms with Crippen LogP contribution < -0.4 is 4.74 Å². The van der Waals surface area contributed by atoms with Crippen molar-refractivity contribution in [3.63, 3.8) is 0 Å². The molecule has 0 saturated heterocycles. The van der Waals surface area contributed by atoms with Crippen molar-refractivity contribution in [2.24, 2.45) is 0 Å². The minimum Gasteiger partial charge on any atom is -0.485 e. The maximum atomic E-state index is 6.59. The molecule has 1 aliphatic rings. The van der Waals surface area contributed by atoms with Crippen molar-refractivity contribution in [2.75, 3.05) is 6.54 Å². The molecule has 0 fully saturated rings. The number of hydrogen-bond donors (Lipinski definition) is 0. The van der Waals surface area contributed by atoms with Gasteiger partial charge < -0.3 is 9.15 Å². The van der Waals surface area contributed by atoms with E-state index in [0.29, 0.717) is 0 Å². The van der Waals surface area contributed by atoms with Crippen molar-refractivity contribution in [3.05, 3.63) is 95.7 Å². The van der Waals surface area contributed by atoms with E-state index in [0.717, 1.165) is 48.7 Å². The van der Waals surface area contributed by atoms with Crippen molar-refractivity contribution in [1.29, 1.82) is 0 Å². The lowest BCUT2D eigenvalue weighted by molar-refractivity contribution is 0.172. The second-order valence-electron chi connectivity index (χ2n) is 7.68. The summed E-state index contributed by atoms with van der Waals surface area (Å²) in [5.74, 6) is 2.87. The Kier molecular flexibility index (Phi) is 4.78. The lowest BCUT2D eigenvalue weighted by atomic mass is 10.1. The average molecular weight is 384 g/mol. The fraction of sp³-hybridized carbons (Fsp3) is 0.240. The molecule has 4 nitrogen and oxygen atoms in total. The van der Waals surface area contributed by atoms with Gasteiger partial charge in [0.2, 0.25) is 0 Å². The Morgan fingerprint density at radius 2 is 2.00 bits per heavy atom. The van der Waals surface area contributed by atoms with Crippen LogP contribution in [0.5, 0.6) is 5.75 Å². The third kappa shape index (κ3) is 3.76. The normalized spacial score (nSPS) is 17.1. The van der Waals surface area contributed by atoms with Gasteiger partial charge in [0.1, 0.15) is 23.4 Å². The molecule has 29 heavy (non-hydrogen) atoms. The van der Waals surface area contributed by atoms with E-state index in [4.69, 9.17) is 9.15 Å². The van der Waals surface area contributed by atoms with Crippen LogP contribution in [0.15, 0.2) is 77.5 Å². The summed E-state index contributed by atoms with van der Waals surface area (Å²) in [5.41, 5.74) is 2.38. The summed E-state index contributed by atoms with van der Waals surface area (Å²) in [6.07, 6.45) is 4.64. The predicted molar refractivity (Wildman–Crippen MR) is 114 cm³/mol. The van der Waals surface area contributed by atoms with Gasteiger partial charge in [-0.15, -0.1) is 0 Å². The van der Waals surface area contributed by atoms with E-state index >= 15 is 0 Å². The largest absolute Gasteiger partial charge is 0.485 e. The zero-order chi connectivity index (χ0) is 19.6. The SMILES string of the molecule is Cc1cc2c(o1)CN(Cc1cccnc1)CCC2Oc1cccc2ccccc12. The topological polar surface area (TPSA) is 38.5 Å². The molecule has 5 rings (SSSR count). The van der Waals surface area contributed by atoms with Gasteiger partial charge in [0.05, 0.1) is 6.54 Å². The van der Waals surface area contributed by atoms with Gasteiger partial charge in [-0.05, 0) is 36.1 Å². The smallest absolute Gasteiger partial charge is 0.128 e. The Labute approximate surface area is 170 Å². The van der Waals surface area contributed by atoms with Crippen LogP contribution in [0.4, 0.5) is 0 Å². The highest BCUT2D eigenvalue weighted by molar-refractivity contribution is 5.88. The number of benzene rings is 2. The zero-order valence-electron chi connectivity index (χ0n) is 16.5. The monoisotopic (exact) mass is 384 g/mol. The first-order valence-electron chi connectivity index (χ1n) is 10.1. The molecule has 0 amide bonds. The van der Waals surface area contributed by atoms with E-state index in [-0.39, 0.29) is 6.10 Å². The molecule has 1 aliphatic heterocycles. The van der Waals surface area contributed by atoms with Gasteiger partial charge in [0, 0.05) is 42.9 Å². The lowest BCUT2D eigenvalue weighted by Gasteiger charge is -2.21. The molecule has 0 bridgehead atoms. The highest BCUT2D eigenvalue weighted by atomic mass is 16.5. The fourth-order valence-electron chi connectivity index (χ4n) is 4.17. The predicted octanol–water partition coefficient (Wildman–Crippen LogP) is 5.66. The fourth-order valence-corrected chi connectivity index (χ4v) is 4.17. The Balaban J connectivity index is 1.43. The van der Waals surface area contributed by atoms with Gasteiger partial charge in [0.25, 0.3) is 0 Å². The number of nitrogens with zero attached hydrogens (tertiary/aromatic N) is 2. The standard InChI is InChI=1S/C25H24N2O2/c1-18-14-22-24(29-23-10-4-8-20-7-2-3-9-21(20)23)11-13-27(17-25(22)28-18)16-19-6-5-12-26-15-19/h2-10,12,14-15,24H,11,13,16-17H2,1H3. The van der Waals surface area contributed by atoms with Gasteiger partial charge in [-0.25, -0.2) is 0 Å². The summed E-state index contributed by atoms with van der Waals surface area (Å²) in [4.78, 5) is 6.65.